The zero-order valence-corrected chi connectivity index (χ0v) is 6.75. The summed E-state index contributed by atoms with van der Waals surface area (Å²) in [6, 6.07) is 0.654. The van der Waals surface area contributed by atoms with Crippen LogP contribution in [0.1, 0.15) is 19.8 Å². The molecule has 2 rings (SSSR count). The van der Waals surface area contributed by atoms with E-state index in [9.17, 15) is 0 Å². The molecular formula is C8H13N3. The Balaban J connectivity index is 2.16. The molecule has 1 aromatic rings. The van der Waals surface area contributed by atoms with Crippen LogP contribution in [0, 0.1) is 0 Å². The van der Waals surface area contributed by atoms with Gasteiger partial charge in [0.1, 0.15) is 0 Å². The van der Waals surface area contributed by atoms with E-state index in [2.05, 4.69) is 21.8 Å². The summed E-state index contributed by atoms with van der Waals surface area (Å²) < 4.78 is 0. The van der Waals surface area contributed by atoms with E-state index in [0.29, 0.717) is 6.04 Å². The number of imidazole rings is 1. The third-order valence-corrected chi connectivity index (χ3v) is 2.31. The molecule has 1 N–H and O–H groups in total. The highest BCUT2D eigenvalue weighted by molar-refractivity contribution is 5.32. The number of H-pyrrole nitrogens is 1. The lowest BCUT2D eigenvalue weighted by Crippen LogP contribution is -2.27. The zero-order chi connectivity index (χ0) is 7.68. The first-order chi connectivity index (χ1) is 5.38. The minimum Gasteiger partial charge on any atom is -0.340 e. The van der Waals surface area contributed by atoms with E-state index in [4.69, 9.17) is 0 Å². The lowest BCUT2D eigenvalue weighted by atomic mass is 10.2. The average Bonchev–Trinajstić information content (AvgIpc) is 2.55. The van der Waals surface area contributed by atoms with Crippen LogP contribution < -0.4 is 4.90 Å². The number of rotatable bonds is 1. The van der Waals surface area contributed by atoms with Gasteiger partial charge in [0, 0.05) is 25.0 Å². The molecular weight excluding hydrogens is 138 g/mol. The van der Waals surface area contributed by atoms with Crippen LogP contribution in [0.2, 0.25) is 0 Å². The third kappa shape index (κ3) is 1.11. The minimum atomic E-state index is 0.654. The molecule has 0 radical (unpaired) electrons. The van der Waals surface area contributed by atoms with E-state index >= 15 is 0 Å². The van der Waals surface area contributed by atoms with E-state index < -0.39 is 0 Å². The summed E-state index contributed by atoms with van der Waals surface area (Å²) in [7, 11) is 0. The standard InChI is InChI=1S/C8H13N3/c1-7-3-2-6-11(7)8-9-4-5-10-8/h4-5,7H,2-3,6H2,1H3,(H,9,10). The minimum absolute atomic E-state index is 0.654. The molecule has 11 heavy (non-hydrogen) atoms. The van der Waals surface area contributed by atoms with Crippen molar-refractivity contribution in [3.63, 3.8) is 0 Å². The van der Waals surface area contributed by atoms with Crippen molar-refractivity contribution in [2.75, 3.05) is 11.4 Å². The summed E-state index contributed by atoms with van der Waals surface area (Å²) in [5, 5.41) is 0. The number of aromatic nitrogens is 2. The summed E-state index contributed by atoms with van der Waals surface area (Å²) >= 11 is 0. The Kier molecular flexibility index (Phi) is 1.56. The second-order valence-corrected chi connectivity index (χ2v) is 3.10. The topological polar surface area (TPSA) is 31.9 Å². The first kappa shape index (κ1) is 6.70. The summed E-state index contributed by atoms with van der Waals surface area (Å²) in [6.45, 7) is 3.39. The lowest BCUT2D eigenvalue weighted by Gasteiger charge is -2.19. The van der Waals surface area contributed by atoms with Gasteiger partial charge in [-0.2, -0.15) is 0 Å². The maximum absolute atomic E-state index is 4.22. The first-order valence-electron chi connectivity index (χ1n) is 4.14. The van der Waals surface area contributed by atoms with Crippen molar-refractivity contribution in [1.82, 2.24) is 9.97 Å². The van der Waals surface area contributed by atoms with Crippen LogP contribution in [-0.4, -0.2) is 22.6 Å². The molecule has 0 spiro atoms. The molecule has 2 heterocycles. The second-order valence-electron chi connectivity index (χ2n) is 3.10. The molecule has 1 fully saturated rings. The van der Waals surface area contributed by atoms with Crippen LogP contribution >= 0.6 is 0 Å². The number of aromatic amines is 1. The Morgan fingerprint density at radius 1 is 1.73 bits per heavy atom. The summed E-state index contributed by atoms with van der Waals surface area (Å²) in [5.41, 5.74) is 0. The van der Waals surface area contributed by atoms with E-state index in [0.717, 1.165) is 12.5 Å². The molecule has 0 amide bonds. The molecule has 60 valence electrons. The highest BCUT2D eigenvalue weighted by atomic mass is 15.3. The monoisotopic (exact) mass is 151 g/mol. The zero-order valence-electron chi connectivity index (χ0n) is 6.75. The third-order valence-electron chi connectivity index (χ3n) is 2.31. The number of nitrogens with one attached hydrogen (secondary N) is 1. The highest BCUT2D eigenvalue weighted by Gasteiger charge is 2.21. The second kappa shape index (κ2) is 2.57. The largest absolute Gasteiger partial charge is 0.340 e. The van der Waals surface area contributed by atoms with Crippen LogP contribution in [0.25, 0.3) is 0 Å². The molecule has 1 atom stereocenters. The van der Waals surface area contributed by atoms with Gasteiger partial charge in [-0.25, -0.2) is 4.98 Å². The lowest BCUT2D eigenvalue weighted by molar-refractivity contribution is 0.721. The fourth-order valence-electron chi connectivity index (χ4n) is 1.66. The molecule has 3 heteroatoms. The van der Waals surface area contributed by atoms with Gasteiger partial charge in [0.05, 0.1) is 0 Å². The molecule has 1 saturated heterocycles. The number of hydrogen-bond donors (Lipinski definition) is 1. The van der Waals surface area contributed by atoms with Crippen LogP contribution in [-0.2, 0) is 0 Å². The van der Waals surface area contributed by atoms with Gasteiger partial charge in [-0.3, -0.25) is 0 Å². The summed E-state index contributed by atoms with van der Waals surface area (Å²) in [4.78, 5) is 9.66. The SMILES string of the molecule is CC1CCCN1c1ncc[nH]1. The maximum Gasteiger partial charge on any atom is 0.202 e. The van der Waals surface area contributed by atoms with Crippen molar-refractivity contribution in [2.45, 2.75) is 25.8 Å². The van der Waals surface area contributed by atoms with E-state index in [1.807, 2.05) is 6.20 Å². The van der Waals surface area contributed by atoms with Crippen molar-refractivity contribution in [1.29, 1.82) is 0 Å². The normalized spacial score (nSPS) is 24.5. The quantitative estimate of drug-likeness (QED) is 0.658. The van der Waals surface area contributed by atoms with Crippen molar-refractivity contribution in [3.05, 3.63) is 12.4 Å². The molecule has 3 nitrogen and oxygen atoms in total. The fraction of sp³-hybridized carbons (Fsp3) is 0.625. The van der Waals surface area contributed by atoms with Gasteiger partial charge in [0.15, 0.2) is 0 Å². The van der Waals surface area contributed by atoms with Gasteiger partial charge >= 0.3 is 0 Å². The Morgan fingerprint density at radius 2 is 2.64 bits per heavy atom. The van der Waals surface area contributed by atoms with E-state index in [-0.39, 0.29) is 0 Å². The van der Waals surface area contributed by atoms with Crippen molar-refractivity contribution in [2.24, 2.45) is 0 Å². The summed E-state index contributed by atoms with van der Waals surface area (Å²) in [6.07, 6.45) is 6.27. The van der Waals surface area contributed by atoms with Crippen LogP contribution in [0.4, 0.5) is 5.95 Å². The maximum atomic E-state index is 4.22. The Bertz CT molecular complexity index is 217. The van der Waals surface area contributed by atoms with Gasteiger partial charge in [0.2, 0.25) is 5.95 Å². The molecule has 0 bridgehead atoms. The van der Waals surface area contributed by atoms with E-state index in [1.165, 1.54) is 12.8 Å². The van der Waals surface area contributed by atoms with Crippen LogP contribution in [0.5, 0.6) is 0 Å². The van der Waals surface area contributed by atoms with Crippen molar-refractivity contribution >= 4 is 5.95 Å². The van der Waals surface area contributed by atoms with Gasteiger partial charge < -0.3 is 9.88 Å². The van der Waals surface area contributed by atoms with Crippen molar-refractivity contribution in [3.8, 4) is 0 Å². The first-order valence-corrected chi connectivity index (χ1v) is 4.14. The molecule has 1 aliphatic rings. The molecule has 0 aliphatic carbocycles. The van der Waals surface area contributed by atoms with Crippen LogP contribution in [0.3, 0.4) is 0 Å². The summed E-state index contributed by atoms with van der Waals surface area (Å²) in [5.74, 6) is 1.02. The van der Waals surface area contributed by atoms with Gasteiger partial charge in [0.25, 0.3) is 0 Å². The molecule has 1 aromatic heterocycles. The number of hydrogen-bond acceptors (Lipinski definition) is 2. The Labute approximate surface area is 66.4 Å². The van der Waals surface area contributed by atoms with Crippen LogP contribution in [0.15, 0.2) is 12.4 Å². The fourth-order valence-corrected chi connectivity index (χ4v) is 1.66. The van der Waals surface area contributed by atoms with Crippen molar-refractivity contribution < 1.29 is 0 Å². The van der Waals surface area contributed by atoms with Gasteiger partial charge in [-0.15, -0.1) is 0 Å². The van der Waals surface area contributed by atoms with E-state index in [1.54, 1.807) is 6.20 Å². The van der Waals surface area contributed by atoms with Gasteiger partial charge in [-0.1, -0.05) is 0 Å². The predicted molar refractivity (Wildman–Crippen MR) is 44.6 cm³/mol. The molecule has 0 saturated carbocycles. The average molecular weight is 151 g/mol. The molecule has 1 aliphatic heterocycles. The highest BCUT2D eigenvalue weighted by Crippen LogP contribution is 2.20. The Hall–Kier alpha value is -0.990. The number of anilines is 1. The predicted octanol–water partition coefficient (Wildman–Crippen LogP) is 1.40. The molecule has 0 aromatic carbocycles. The molecule has 1 unspecified atom stereocenters. The Morgan fingerprint density at radius 3 is 3.18 bits per heavy atom. The van der Waals surface area contributed by atoms with Gasteiger partial charge in [-0.05, 0) is 19.8 Å². The smallest absolute Gasteiger partial charge is 0.202 e. The number of nitrogens with zero attached hydrogens (tertiary/aromatic N) is 2.